The molecule has 0 spiro atoms. The zero-order valence-corrected chi connectivity index (χ0v) is 25.7. The Bertz CT molecular complexity index is 1690. The van der Waals surface area contributed by atoms with Crippen LogP contribution in [0.15, 0.2) is 94.5 Å². The third-order valence-corrected chi connectivity index (χ3v) is 8.96. The van der Waals surface area contributed by atoms with Crippen molar-refractivity contribution in [2.45, 2.75) is 35.9 Å². The number of thioether (sulfide) groups is 1. The molecule has 4 aromatic rings. The Balaban J connectivity index is 1.49. The first-order chi connectivity index (χ1) is 21.4. The molecular formula is C33H30FN3O5S2. The molecule has 11 heteroatoms. The Hall–Kier alpha value is -4.48. The van der Waals surface area contributed by atoms with E-state index in [1.54, 1.807) is 36.4 Å². The van der Waals surface area contributed by atoms with E-state index in [9.17, 15) is 19.1 Å². The van der Waals surface area contributed by atoms with Crippen LogP contribution in [0.3, 0.4) is 0 Å². The number of carbonyl (C=O) groups is 2. The van der Waals surface area contributed by atoms with Gasteiger partial charge in [0.05, 0.1) is 25.3 Å². The molecular weight excluding hydrogens is 602 g/mol. The number of nitrogens with zero attached hydrogens (tertiary/aromatic N) is 3. The largest absolute Gasteiger partial charge is 0.503 e. The minimum absolute atomic E-state index is 0.0837. The second kappa shape index (κ2) is 14.3. The molecule has 226 valence electrons. The van der Waals surface area contributed by atoms with Crippen LogP contribution in [-0.4, -0.2) is 40.7 Å². The Labute approximate surface area is 262 Å². The van der Waals surface area contributed by atoms with Gasteiger partial charge in [-0.1, -0.05) is 91.1 Å². The van der Waals surface area contributed by atoms with Crippen LogP contribution in [-0.2, 0) is 15.3 Å². The first-order valence-corrected chi connectivity index (χ1v) is 15.8. The highest BCUT2D eigenvalue weighted by molar-refractivity contribution is 8.00. The topological polar surface area (TPSA) is 102 Å². The van der Waals surface area contributed by atoms with Gasteiger partial charge in [-0.15, -0.1) is 10.2 Å². The van der Waals surface area contributed by atoms with Gasteiger partial charge in [0.25, 0.3) is 5.91 Å². The van der Waals surface area contributed by atoms with Crippen molar-refractivity contribution in [3.63, 3.8) is 0 Å². The third-order valence-electron chi connectivity index (χ3n) is 6.84. The summed E-state index contributed by atoms with van der Waals surface area (Å²) < 4.78 is 25.4. The molecule has 0 saturated heterocycles. The molecule has 0 bridgehead atoms. The number of benzene rings is 3. The van der Waals surface area contributed by atoms with Crippen LogP contribution in [0.4, 0.5) is 9.52 Å². The van der Waals surface area contributed by atoms with Crippen molar-refractivity contribution >= 4 is 46.0 Å². The molecule has 8 nitrogen and oxygen atoms in total. The summed E-state index contributed by atoms with van der Waals surface area (Å²) in [6.45, 7) is 2.58. The lowest BCUT2D eigenvalue weighted by atomic mass is 9.95. The lowest BCUT2D eigenvalue weighted by molar-refractivity contribution is -0.117. The summed E-state index contributed by atoms with van der Waals surface area (Å²) in [5.41, 5.74) is 2.13. The first kappa shape index (κ1) is 31.0. The first-order valence-electron chi connectivity index (χ1n) is 13.9. The van der Waals surface area contributed by atoms with Crippen molar-refractivity contribution in [3.8, 4) is 11.5 Å². The lowest BCUT2D eigenvalue weighted by Gasteiger charge is -2.24. The molecule has 1 N–H and O–H groups in total. The fourth-order valence-electron chi connectivity index (χ4n) is 4.58. The normalized spacial score (nSPS) is 14.9. The molecule has 0 radical (unpaired) electrons. The molecule has 2 heterocycles. The highest BCUT2D eigenvalue weighted by Gasteiger charge is 2.45. The number of hydrogen-bond acceptors (Lipinski definition) is 9. The van der Waals surface area contributed by atoms with Gasteiger partial charge in [-0.3, -0.25) is 14.5 Å². The zero-order chi connectivity index (χ0) is 31.1. The second-order valence-corrected chi connectivity index (χ2v) is 12.0. The van der Waals surface area contributed by atoms with Gasteiger partial charge in [0, 0.05) is 5.75 Å². The molecule has 1 aromatic heterocycles. The Morgan fingerprint density at radius 1 is 1.09 bits per heavy atom. The number of ketones is 1. The highest BCUT2D eigenvalue weighted by atomic mass is 32.2. The van der Waals surface area contributed by atoms with Crippen LogP contribution in [0.2, 0.25) is 0 Å². The van der Waals surface area contributed by atoms with Crippen molar-refractivity contribution in [2.24, 2.45) is 0 Å². The van der Waals surface area contributed by atoms with E-state index in [1.807, 2.05) is 30.3 Å². The quantitative estimate of drug-likeness (QED) is 0.0708. The van der Waals surface area contributed by atoms with E-state index in [0.29, 0.717) is 33.8 Å². The number of hydrogen-bond donors (Lipinski definition) is 1. The Morgan fingerprint density at radius 2 is 1.86 bits per heavy atom. The van der Waals surface area contributed by atoms with E-state index >= 15 is 0 Å². The van der Waals surface area contributed by atoms with Crippen molar-refractivity contribution in [1.82, 2.24) is 10.2 Å². The maximum atomic E-state index is 13.6. The predicted molar refractivity (Wildman–Crippen MR) is 170 cm³/mol. The number of allylic oxidation sites excluding steroid dienone is 1. The zero-order valence-electron chi connectivity index (χ0n) is 24.1. The molecule has 0 fully saturated rings. The molecule has 1 atom stereocenters. The number of unbranched alkanes of at least 4 members (excludes halogenated alkanes) is 1. The van der Waals surface area contributed by atoms with Crippen LogP contribution < -0.4 is 14.4 Å². The molecule has 0 aliphatic carbocycles. The summed E-state index contributed by atoms with van der Waals surface area (Å²) in [5, 5.41) is 19.8. The number of halogens is 1. The highest BCUT2D eigenvalue weighted by Crippen LogP contribution is 2.45. The van der Waals surface area contributed by atoms with Gasteiger partial charge < -0.3 is 14.6 Å². The molecule has 0 saturated carbocycles. The van der Waals surface area contributed by atoms with Crippen LogP contribution in [0.1, 0.15) is 42.5 Å². The van der Waals surface area contributed by atoms with E-state index < -0.39 is 23.5 Å². The van der Waals surface area contributed by atoms with Gasteiger partial charge in [-0.2, -0.15) is 0 Å². The van der Waals surface area contributed by atoms with Gasteiger partial charge >= 0.3 is 0 Å². The maximum Gasteiger partial charge on any atom is 0.296 e. The number of aromatic nitrogens is 2. The molecule has 44 heavy (non-hydrogen) atoms. The number of aliphatic hydroxyl groups excluding tert-OH is 1. The fourth-order valence-corrected chi connectivity index (χ4v) is 6.40. The average molecular weight is 632 g/mol. The summed E-state index contributed by atoms with van der Waals surface area (Å²) in [6.07, 6.45) is 4.82. The van der Waals surface area contributed by atoms with Crippen molar-refractivity contribution < 1.29 is 28.6 Å². The van der Waals surface area contributed by atoms with E-state index in [2.05, 4.69) is 17.1 Å². The van der Waals surface area contributed by atoms with Gasteiger partial charge in [-0.05, 0) is 53.5 Å². The van der Waals surface area contributed by atoms with Crippen LogP contribution >= 0.6 is 23.1 Å². The smallest absolute Gasteiger partial charge is 0.296 e. The Kier molecular flexibility index (Phi) is 10.1. The van der Waals surface area contributed by atoms with E-state index in [-0.39, 0.29) is 16.5 Å². The van der Waals surface area contributed by atoms with Crippen molar-refractivity contribution in [3.05, 3.63) is 113 Å². The van der Waals surface area contributed by atoms with Crippen LogP contribution in [0, 0.1) is 5.82 Å². The molecule has 1 aliphatic rings. The summed E-state index contributed by atoms with van der Waals surface area (Å²) in [4.78, 5) is 28.5. The summed E-state index contributed by atoms with van der Waals surface area (Å²) in [6, 6.07) is 19.6. The minimum Gasteiger partial charge on any atom is -0.503 e. The SMILES string of the molecule is CCCCOc1ccc(C2C(C(=O)C=Cc3ccccc3)=C(O)C(=O)N2c2nnc(SCc3ccc(F)cc3)s2)cc1OC. The summed E-state index contributed by atoms with van der Waals surface area (Å²) in [7, 11) is 1.51. The fraction of sp³-hybridized carbons (Fsp3) is 0.212. The maximum absolute atomic E-state index is 13.6. The van der Waals surface area contributed by atoms with E-state index in [0.717, 1.165) is 35.3 Å². The van der Waals surface area contributed by atoms with Crippen molar-refractivity contribution in [2.75, 3.05) is 18.6 Å². The molecule has 1 unspecified atom stereocenters. The number of aliphatic hydroxyl groups is 1. The molecule has 5 rings (SSSR count). The third kappa shape index (κ3) is 7.00. The van der Waals surface area contributed by atoms with Gasteiger partial charge in [0.1, 0.15) is 5.82 Å². The van der Waals surface area contributed by atoms with Gasteiger partial charge in [-0.25, -0.2) is 4.39 Å². The number of ether oxygens (including phenoxy) is 2. The van der Waals surface area contributed by atoms with E-state index in [4.69, 9.17) is 9.47 Å². The monoisotopic (exact) mass is 631 g/mol. The van der Waals surface area contributed by atoms with Gasteiger partial charge in [0.15, 0.2) is 27.4 Å². The number of carbonyl (C=O) groups excluding carboxylic acids is 2. The minimum atomic E-state index is -1.00. The molecule has 3 aromatic carbocycles. The number of anilines is 1. The number of rotatable bonds is 13. The standard InChI is InChI=1S/C33H30FN3O5S2/c1-3-4-18-42-26-17-13-23(19-27(26)41-2)29-28(25(38)16-12-21-8-6-5-7-9-21)30(39)31(40)37(29)32-35-36-33(44-32)43-20-22-10-14-24(34)15-11-22/h5-17,19,29,39H,3-4,18,20H2,1-2H3. The predicted octanol–water partition coefficient (Wildman–Crippen LogP) is 7.34. The van der Waals surface area contributed by atoms with Gasteiger partial charge in [0.2, 0.25) is 5.13 Å². The Morgan fingerprint density at radius 3 is 2.59 bits per heavy atom. The van der Waals surface area contributed by atoms with Crippen LogP contribution in [0.5, 0.6) is 11.5 Å². The molecule has 1 amide bonds. The average Bonchev–Trinajstić information content (AvgIpc) is 3.62. The summed E-state index contributed by atoms with van der Waals surface area (Å²) >= 11 is 2.54. The molecule has 1 aliphatic heterocycles. The van der Waals surface area contributed by atoms with Crippen molar-refractivity contribution in [1.29, 1.82) is 0 Å². The lowest BCUT2D eigenvalue weighted by Crippen LogP contribution is -2.30. The summed E-state index contributed by atoms with van der Waals surface area (Å²) in [5.74, 6) is -0.789. The second-order valence-electron chi connectivity index (χ2n) is 9.83. The number of methoxy groups -OCH3 is 1. The number of amides is 1. The van der Waals surface area contributed by atoms with E-state index in [1.165, 1.54) is 42.0 Å². The van der Waals surface area contributed by atoms with Crippen LogP contribution in [0.25, 0.3) is 6.08 Å².